The van der Waals surface area contributed by atoms with Crippen LogP contribution in [0, 0.1) is 11.7 Å². The van der Waals surface area contributed by atoms with E-state index in [0.717, 1.165) is 25.7 Å². The number of aromatic amines is 1. The van der Waals surface area contributed by atoms with Gasteiger partial charge in [0.25, 0.3) is 0 Å². The lowest BCUT2D eigenvalue weighted by atomic mass is 9.89. The van der Waals surface area contributed by atoms with Gasteiger partial charge in [-0.15, -0.1) is 0 Å². The van der Waals surface area contributed by atoms with Crippen LogP contribution in [0.4, 0.5) is 4.39 Å². The standard InChI is InChI=1S/C15H18FN3O/c16-11-6-7-12-13(8-11)19-14(18-12)9-17-15(20)10-4-2-1-3-5-10/h6-8,10H,1-5,9H2,(H,17,20)(H,18,19). The fraction of sp³-hybridized carbons (Fsp3) is 0.467. The van der Waals surface area contributed by atoms with E-state index in [1.54, 1.807) is 6.07 Å². The Balaban J connectivity index is 1.63. The quantitative estimate of drug-likeness (QED) is 0.905. The number of carbonyl (C=O) groups excluding carboxylic acids is 1. The normalized spacial score (nSPS) is 16.4. The van der Waals surface area contributed by atoms with Crippen LogP contribution in [0.5, 0.6) is 0 Å². The maximum Gasteiger partial charge on any atom is 0.223 e. The van der Waals surface area contributed by atoms with Crippen molar-refractivity contribution in [2.24, 2.45) is 5.92 Å². The maximum atomic E-state index is 13.1. The number of imidazole rings is 1. The summed E-state index contributed by atoms with van der Waals surface area (Å²) in [6.45, 7) is 0.367. The number of nitrogens with zero attached hydrogens (tertiary/aromatic N) is 1. The highest BCUT2D eigenvalue weighted by Gasteiger charge is 2.20. The number of hydrogen-bond donors (Lipinski definition) is 2. The summed E-state index contributed by atoms with van der Waals surface area (Å²) >= 11 is 0. The molecule has 0 spiro atoms. The van der Waals surface area contributed by atoms with E-state index in [2.05, 4.69) is 15.3 Å². The number of halogens is 1. The molecule has 0 bridgehead atoms. The predicted octanol–water partition coefficient (Wildman–Crippen LogP) is 2.90. The van der Waals surface area contributed by atoms with E-state index < -0.39 is 0 Å². The molecule has 0 saturated heterocycles. The molecular weight excluding hydrogens is 257 g/mol. The zero-order valence-corrected chi connectivity index (χ0v) is 11.3. The summed E-state index contributed by atoms with van der Waals surface area (Å²) in [5, 5.41) is 2.92. The Morgan fingerprint density at radius 2 is 2.15 bits per heavy atom. The molecule has 1 fully saturated rings. The monoisotopic (exact) mass is 275 g/mol. The minimum Gasteiger partial charge on any atom is -0.349 e. The summed E-state index contributed by atoms with van der Waals surface area (Å²) < 4.78 is 13.1. The van der Waals surface area contributed by atoms with Crippen molar-refractivity contribution < 1.29 is 9.18 Å². The molecule has 1 heterocycles. The van der Waals surface area contributed by atoms with Crippen molar-refractivity contribution in [1.29, 1.82) is 0 Å². The first-order valence-electron chi connectivity index (χ1n) is 7.14. The fourth-order valence-corrected chi connectivity index (χ4v) is 2.80. The van der Waals surface area contributed by atoms with Gasteiger partial charge in [-0.05, 0) is 31.0 Å². The second kappa shape index (κ2) is 5.61. The molecule has 0 unspecified atom stereocenters. The fourth-order valence-electron chi connectivity index (χ4n) is 2.80. The molecular formula is C15H18FN3O. The topological polar surface area (TPSA) is 57.8 Å². The molecule has 106 valence electrons. The number of H-pyrrole nitrogens is 1. The van der Waals surface area contributed by atoms with Gasteiger partial charge in [0.15, 0.2) is 0 Å². The summed E-state index contributed by atoms with van der Waals surface area (Å²) in [7, 11) is 0. The van der Waals surface area contributed by atoms with E-state index in [4.69, 9.17) is 0 Å². The van der Waals surface area contributed by atoms with Gasteiger partial charge >= 0.3 is 0 Å². The van der Waals surface area contributed by atoms with Crippen molar-refractivity contribution in [2.45, 2.75) is 38.6 Å². The van der Waals surface area contributed by atoms with Crippen LogP contribution in [-0.4, -0.2) is 15.9 Å². The molecule has 1 aliphatic carbocycles. The first kappa shape index (κ1) is 13.1. The molecule has 2 aromatic rings. The highest BCUT2D eigenvalue weighted by molar-refractivity contribution is 5.79. The first-order valence-corrected chi connectivity index (χ1v) is 7.14. The van der Waals surface area contributed by atoms with Gasteiger partial charge in [0.1, 0.15) is 11.6 Å². The van der Waals surface area contributed by atoms with Gasteiger partial charge < -0.3 is 10.3 Å². The molecule has 0 aliphatic heterocycles. The maximum absolute atomic E-state index is 13.1. The number of hydrogen-bond acceptors (Lipinski definition) is 2. The van der Waals surface area contributed by atoms with Crippen LogP contribution in [0.15, 0.2) is 18.2 Å². The van der Waals surface area contributed by atoms with Gasteiger partial charge in [-0.3, -0.25) is 4.79 Å². The van der Waals surface area contributed by atoms with Gasteiger partial charge in [0, 0.05) is 5.92 Å². The van der Waals surface area contributed by atoms with Crippen molar-refractivity contribution in [3.63, 3.8) is 0 Å². The van der Waals surface area contributed by atoms with Crippen LogP contribution < -0.4 is 5.32 Å². The van der Waals surface area contributed by atoms with Crippen molar-refractivity contribution >= 4 is 16.9 Å². The van der Waals surface area contributed by atoms with Crippen LogP contribution in [0.1, 0.15) is 37.9 Å². The summed E-state index contributed by atoms with van der Waals surface area (Å²) in [6.07, 6.45) is 5.48. The highest BCUT2D eigenvalue weighted by atomic mass is 19.1. The number of benzene rings is 1. The minimum absolute atomic E-state index is 0.108. The minimum atomic E-state index is -0.293. The number of nitrogens with one attached hydrogen (secondary N) is 2. The third kappa shape index (κ3) is 2.81. The third-order valence-corrected chi connectivity index (χ3v) is 3.90. The van der Waals surface area contributed by atoms with Gasteiger partial charge in [-0.25, -0.2) is 9.37 Å². The molecule has 0 radical (unpaired) electrons. The zero-order chi connectivity index (χ0) is 13.9. The number of aromatic nitrogens is 2. The second-order valence-corrected chi connectivity index (χ2v) is 5.40. The van der Waals surface area contributed by atoms with Crippen molar-refractivity contribution in [3.05, 3.63) is 29.8 Å². The van der Waals surface area contributed by atoms with E-state index >= 15 is 0 Å². The molecule has 2 N–H and O–H groups in total. The van der Waals surface area contributed by atoms with E-state index in [1.165, 1.54) is 18.6 Å². The molecule has 5 heteroatoms. The Labute approximate surface area is 116 Å². The van der Waals surface area contributed by atoms with Crippen LogP contribution in [0.2, 0.25) is 0 Å². The van der Waals surface area contributed by atoms with Crippen molar-refractivity contribution in [2.75, 3.05) is 0 Å². The first-order chi connectivity index (χ1) is 9.72. The Morgan fingerprint density at radius 1 is 1.35 bits per heavy atom. The lowest BCUT2D eigenvalue weighted by molar-refractivity contribution is -0.126. The smallest absolute Gasteiger partial charge is 0.223 e. The molecule has 1 saturated carbocycles. The molecule has 1 aromatic carbocycles. The summed E-state index contributed by atoms with van der Waals surface area (Å²) in [4.78, 5) is 19.4. The Morgan fingerprint density at radius 3 is 2.95 bits per heavy atom. The third-order valence-electron chi connectivity index (χ3n) is 3.90. The number of carbonyl (C=O) groups is 1. The van der Waals surface area contributed by atoms with Crippen LogP contribution in [-0.2, 0) is 11.3 Å². The van der Waals surface area contributed by atoms with Gasteiger partial charge in [-0.1, -0.05) is 19.3 Å². The lowest BCUT2D eigenvalue weighted by Gasteiger charge is -2.20. The summed E-state index contributed by atoms with van der Waals surface area (Å²) in [6, 6.07) is 4.43. The van der Waals surface area contributed by atoms with Gasteiger partial charge in [0.2, 0.25) is 5.91 Å². The lowest BCUT2D eigenvalue weighted by Crippen LogP contribution is -2.31. The van der Waals surface area contributed by atoms with Crippen LogP contribution in [0.3, 0.4) is 0 Å². The highest BCUT2D eigenvalue weighted by Crippen LogP contribution is 2.23. The van der Waals surface area contributed by atoms with Crippen LogP contribution >= 0.6 is 0 Å². The molecule has 4 nitrogen and oxygen atoms in total. The molecule has 1 aliphatic rings. The average Bonchev–Trinajstić information content (AvgIpc) is 2.87. The number of fused-ring (bicyclic) bond motifs is 1. The number of rotatable bonds is 3. The van der Waals surface area contributed by atoms with Crippen molar-refractivity contribution in [3.8, 4) is 0 Å². The van der Waals surface area contributed by atoms with Gasteiger partial charge in [0.05, 0.1) is 17.6 Å². The van der Waals surface area contributed by atoms with E-state index in [-0.39, 0.29) is 17.6 Å². The summed E-state index contributed by atoms with van der Waals surface area (Å²) in [5.41, 5.74) is 1.38. The second-order valence-electron chi connectivity index (χ2n) is 5.40. The summed E-state index contributed by atoms with van der Waals surface area (Å²) in [5.74, 6) is 0.621. The van der Waals surface area contributed by atoms with Gasteiger partial charge in [-0.2, -0.15) is 0 Å². The Kier molecular flexibility index (Phi) is 3.67. The number of amides is 1. The molecule has 3 rings (SSSR count). The Hall–Kier alpha value is -1.91. The molecule has 1 aromatic heterocycles. The van der Waals surface area contributed by atoms with Crippen molar-refractivity contribution in [1.82, 2.24) is 15.3 Å². The molecule has 1 amide bonds. The molecule has 0 atom stereocenters. The SMILES string of the molecule is O=C(NCc1nc2ccc(F)cc2[nH]1)C1CCCCC1. The van der Waals surface area contributed by atoms with E-state index in [1.807, 2.05) is 0 Å². The predicted molar refractivity (Wildman–Crippen MR) is 74.5 cm³/mol. The Bertz CT molecular complexity index is 617. The van der Waals surface area contributed by atoms with Crippen LogP contribution in [0.25, 0.3) is 11.0 Å². The zero-order valence-electron chi connectivity index (χ0n) is 11.3. The van der Waals surface area contributed by atoms with E-state index in [9.17, 15) is 9.18 Å². The largest absolute Gasteiger partial charge is 0.349 e. The average molecular weight is 275 g/mol. The molecule has 20 heavy (non-hydrogen) atoms. The van der Waals surface area contributed by atoms with E-state index in [0.29, 0.717) is 23.4 Å².